The van der Waals surface area contributed by atoms with Gasteiger partial charge in [-0.25, -0.2) is 0 Å². The molecule has 0 atom stereocenters. The monoisotopic (exact) mass is 399 g/mol. The first kappa shape index (κ1) is 16.9. The highest BCUT2D eigenvalue weighted by Crippen LogP contribution is 2.32. The number of rotatable bonds is 4. The van der Waals surface area contributed by atoms with Crippen molar-refractivity contribution in [2.45, 2.75) is 0 Å². The molecule has 0 fully saturated rings. The molecule has 0 saturated carbocycles. The van der Waals surface area contributed by atoms with Crippen LogP contribution in [0.5, 0.6) is 5.75 Å². The van der Waals surface area contributed by atoms with Gasteiger partial charge in [-0.05, 0) is 42.5 Å². The quantitative estimate of drug-likeness (QED) is 0.696. The summed E-state index contributed by atoms with van der Waals surface area (Å²) in [5.74, 6) is 0.208. The van der Waals surface area contributed by atoms with E-state index in [1.165, 1.54) is 13.2 Å². The average molecular weight is 401 g/mol. The molecule has 3 nitrogen and oxygen atoms in total. The number of nitrogens with one attached hydrogen (secondary N) is 1. The fourth-order valence-electron chi connectivity index (χ4n) is 1.80. The van der Waals surface area contributed by atoms with Crippen molar-refractivity contribution in [1.29, 1.82) is 0 Å². The van der Waals surface area contributed by atoms with E-state index in [2.05, 4.69) is 21.2 Å². The minimum absolute atomic E-state index is 0.263. The molecule has 2 aromatic carbocycles. The molecule has 0 aromatic heterocycles. The third-order valence-electron chi connectivity index (χ3n) is 2.77. The summed E-state index contributed by atoms with van der Waals surface area (Å²) >= 11 is 15.3. The molecule has 0 aliphatic carbocycles. The van der Waals surface area contributed by atoms with Gasteiger partial charge in [0.05, 0.1) is 12.1 Å². The van der Waals surface area contributed by atoms with Gasteiger partial charge >= 0.3 is 0 Å². The van der Waals surface area contributed by atoms with Gasteiger partial charge in [-0.2, -0.15) is 0 Å². The zero-order valence-corrected chi connectivity index (χ0v) is 14.7. The molecule has 114 valence electrons. The maximum absolute atomic E-state index is 11.9. The first-order chi connectivity index (χ1) is 10.5. The van der Waals surface area contributed by atoms with Crippen LogP contribution in [0.4, 0.5) is 5.69 Å². The van der Waals surface area contributed by atoms with E-state index >= 15 is 0 Å². The number of hydrogen-bond acceptors (Lipinski definition) is 2. The molecule has 1 amide bonds. The molecule has 0 aliphatic heterocycles. The molecule has 22 heavy (non-hydrogen) atoms. The van der Waals surface area contributed by atoms with E-state index in [0.29, 0.717) is 27.0 Å². The summed E-state index contributed by atoms with van der Waals surface area (Å²) in [6, 6.07) is 10.5. The summed E-state index contributed by atoms with van der Waals surface area (Å²) in [6.07, 6.45) is 3.00. The standard InChI is InChI=1S/C16H12BrCl2NO2/c1-22-16-10(8-12(18)9-14(16)19)2-7-15(21)20-13-5-3-11(17)4-6-13/h2-9H,1H3,(H,20,21)/b7-2+. The van der Waals surface area contributed by atoms with Crippen molar-refractivity contribution in [3.05, 3.63) is 62.6 Å². The number of carbonyl (C=O) groups excluding carboxylic acids is 1. The van der Waals surface area contributed by atoms with E-state index in [0.717, 1.165) is 4.47 Å². The number of anilines is 1. The maximum atomic E-state index is 11.9. The predicted molar refractivity (Wildman–Crippen MR) is 94.8 cm³/mol. The van der Waals surface area contributed by atoms with Crippen molar-refractivity contribution in [3.63, 3.8) is 0 Å². The fourth-order valence-corrected chi connectivity index (χ4v) is 2.65. The van der Waals surface area contributed by atoms with Crippen LogP contribution in [0.2, 0.25) is 10.0 Å². The number of methoxy groups -OCH3 is 1. The van der Waals surface area contributed by atoms with Crippen molar-refractivity contribution in [1.82, 2.24) is 0 Å². The first-order valence-electron chi connectivity index (χ1n) is 6.27. The fraction of sp³-hybridized carbons (Fsp3) is 0.0625. The van der Waals surface area contributed by atoms with Gasteiger partial charge in [-0.1, -0.05) is 39.1 Å². The molecular weight excluding hydrogens is 389 g/mol. The Balaban J connectivity index is 2.14. The van der Waals surface area contributed by atoms with Crippen molar-refractivity contribution >= 4 is 56.8 Å². The smallest absolute Gasteiger partial charge is 0.248 e. The van der Waals surface area contributed by atoms with Gasteiger partial charge in [0.25, 0.3) is 0 Å². The average Bonchev–Trinajstić information content (AvgIpc) is 2.47. The van der Waals surface area contributed by atoms with Crippen molar-refractivity contribution < 1.29 is 9.53 Å². The topological polar surface area (TPSA) is 38.3 Å². The van der Waals surface area contributed by atoms with Crippen molar-refractivity contribution in [2.75, 3.05) is 12.4 Å². The maximum Gasteiger partial charge on any atom is 0.248 e. The Morgan fingerprint density at radius 1 is 1.23 bits per heavy atom. The Morgan fingerprint density at radius 3 is 2.55 bits per heavy atom. The van der Waals surface area contributed by atoms with Crippen LogP contribution in [0.15, 0.2) is 46.9 Å². The Kier molecular flexibility index (Phi) is 5.89. The van der Waals surface area contributed by atoms with E-state index in [-0.39, 0.29) is 5.91 Å². The van der Waals surface area contributed by atoms with Crippen LogP contribution in [0, 0.1) is 0 Å². The molecule has 0 saturated heterocycles. The van der Waals surface area contributed by atoms with E-state index < -0.39 is 0 Å². The van der Waals surface area contributed by atoms with Gasteiger partial charge in [-0.15, -0.1) is 0 Å². The second kappa shape index (κ2) is 7.68. The molecule has 6 heteroatoms. The van der Waals surface area contributed by atoms with Crippen molar-refractivity contribution in [3.8, 4) is 5.75 Å². The molecule has 0 spiro atoms. The normalized spacial score (nSPS) is 10.7. The van der Waals surface area contributed by atoms with Crippen LogP contribution in [-0.4, -0.2) is 13.0 Å². The second-order valence-electron chi connectivity index (χ2n) is 4.34. The van der Waals surface area contributed by atoms with E-state index in [1.54, 1.807) is 30.3 Å². The highest BCUT2D eigenvalue weighted by Gasteiger charge is 2.08. The highest BCUT2D eigenvalue weighted by atomic mass is 79.9. The minimum atomic E-state index is -0.263. The lowest BCUT2D eigenvalue weighted by atomic mass is 10.2. The van der Waals surface area contributed by atoms with Crippen LogP contribution in [-0.2, 0) is 4.79 Å². The number of halogens is 3. The van der Waals surface area contributed by atoms with E-state index in [4.69, 9.17) is 27.9 Å². The van der Waals surface area contributed by atoms with Gasteiger partial charge in [-0.3, -0.25) is 4.79 Å². The van der Waals surface area contributed by atoms with Crippen LogP contribution < -0.4 is 10.1 Å². The number of amides is 1. The molecule has 1 N–H and O–H groups in total. The molecule has 0 heterocycles. The van der Waals surface area contributed by atoms with Crippen LogP contribution in [0.3, 0.4) is 0 Å². The van der Waals surface area contributed by atoms with Gasteiger partial charge in [0.1, 0.15) is 5.75 Å². The van der Waals surface area contributed by atoms with Gasteiger partial charge in [0.15, 0.2) is 0 Å². The summed E-state index contributed by atoms with van der Waals surface area (Å²) in [7, 11) is 1.51. The van der Waals surface area contributed by atoms with Gasteiger partial charge in [0, 0.05) is 26.8 Å². The third kappa shape index (κ3) is 4.50. The largest absolute Gasteiger partial charge is 0.495 e. The minimum Gasteiger partial charge on any atom is -0.495 e. The SMILES string of the molecule is COc1c(Cl)cc(Cl)cc1/C=C/C(=O)Nc1ccc(Br)cc1. The summed E-state index contributed by atoms with van der Waals surface area (Å²) in [6.45, 7) is 0. The second-order valence-corrected chi connectivity index (χ2v) is 6.10. The molecular formula is C16H12BrCl2NO2. The van der Waals surface area contributed by atoms with Crippen LogP contribution in [0.25, 0.3) is 6.08 Å². The number of ether oxygens (including phenoxy) is 1. The number of hydrogen-bond donors (Lipinski definition) is 1. The lowest BCUT2D eigenvalue weighted by Crippen LogP contribution is -2.07. The third-order valence-corrected chi connectivity index (χ3v) is 3.79. The number of benzene rings is 2. The molecule has 2 aromatic rings. The Bertz CT molecular complexity index is 715. The Morgan fingerprint density at radius 2 is 1.91 bits per heavy atom. The highest BCUT2D eigenvalue weighted by molar-refractivity contribution is 9.10. The first-order valence-corrected chi connectivity index (χ1v) is 7.82. The molecule has 0 aliphatic rings. The predicted octanol–water partition coefficient (Wildman–Crippen LogP) is 5.42. The lowest BCUT2D eigenvalue weighted by Gasteiger charge is -2.08. The zero-order chi connectivity index (χ0) is 16.1. The van der Waals surface area contributed by atoms with E-state index in [1.807, 2.05) is 12.1 Å². The summed E-state index contributed by atoms with van der Waals surface area (Å²) in [5, 5.41) is 3.62. The Hall–Kier alpha value is -1.49. The summed E-state index contributed by atoms with van der Waals surface area (Å²) in [5.41, 5.74) is 1.33. The van der Waals surface area contributed by atoms with Crippen LogP contribution in [0.1, 0.15) is 5.56 Å². The Labute approximate surface area is 147 Å². The summed E-state index contributed by atoms with van der Waals surface area (Å²) in [4.78, 5) is 11.9. The molecule has 0 unspecified atom stereocenters. The molecule has 0 radical (unpaired) electrons. The van der Waals surface area contributed by atoms with Crippen molar-refractivity contribution in [2.24, 2.45) is 0 Å². The molecule has 0 bridgehead atoms. The number of carbonyl (C=O) groups is 1. The summed E-state index contributed by atoms with van der Waals surface area (Å²) < 4.78 is 6.16. The zero-order valence-electron chi connectivity index (χ0n) is 11.6. The van der Waals surface area contributed by atoms with Gasteiger partial charge in [0.2, 0.25) is 5.91 Å². The van der Waals surface area contributed by atoms with Crippen LogP contribution >= 0.6 is 39.1 Å². The molecule has 2 rings (SSSR count). The lowest BCUT2D eigenvalue weighted by molar-refractivity contribution is -0.111. The van der Waals surface area contributed by atoms with Gasteiger partial charge < -0.3 is 10.1 Å². The van der Waals surface area contributed by atoms with E-state index in [9.17, 15) is 4.79 Å².